The fraction of sp³-hybridized carbons (Fsp3) is 0.0714. The first-order valence-electron chi connectivity index (χ1n) is 5.33. The van der Waals surface area contributed by atoms with Crippen LogP contribution in [0.1, 0.15) is 10.4 Å². The molecule has 0 unspecified atom stereocenters. The topological polar surface area (TPSA) is 37.3 Å². The summed E-state index contributed by atoms with van der Waals surface area (Å²) in [7, 11) is 0. The fourth-order valence-electron chi connectivity index (χ4n) is 1.56. The Hall–Kier alpha value is -1.39. The Balaban J connectivity index is 2.32. The molecule has 0 amide bonds. The first-order valence-corrected chi connectivity index (χ1v) is 6.94. The number of aryl methyl sites for hydroxylation is 1. The summed E-state index contributed by atoms with van der Waals surface area (Å²) in [4.78, 5) is 12.5. The summed E-state index contributed by atoms with van der Waals surface area (Å²) in [5, 5.41) is 8.58. The zero-order valence-corrected chi connectivity index (χ0v) is 12.1. The lowest BCUT2D eigenvalue weighted by Gasteiger charge is -2.02. The van der Waals surface area contributed by atoms with Crippen LogP contribution in [0.3, 0.4) is 0 Å². The molecule has 0 saturated heterocycles. The molecule has 0 atom stereocenters. The van der Waals surface area contributed by atoms with E-state index in [1.54, 1.807) is 17.4 Å². The summed E-state index contributed by atoms with van der Waals surface area (Å²) in [6.45, 7) is 2.05. The molecule has 0 radical (unpaired) electrons. The summed E-state index contributed by atoms with van der Waals surface area (Å²) >= 11 is 5.12. The van der Waals surface area contributed by atoms with Gasteiger partial charge >= 0.3 is 5.97 Å². The minimum atomic E-state index is -0.929. The van der Waals surface area contributed by atoms with Crippen molar-refractivity contribution in [2.45, 2.75) is 6.92 Å². The maximum atomic E-state index is 10.5. The average molecular weight is 323 g/mol. The van der Waals surface area contributed by atoms with Gasteiger partial charge in [0.05, 0.1) is 0 Å². The van der Waals surface area contributed by atoms with Crippen molar-refractivity contribution in [2.75, 3.05) is 0 Å². The lowest BCUT2D eigenvalue weighted by molar-refractivity contribution is -0.131. The number of thiophene rings is 1. The molecule has 0 aliphatic heterocycles. The van der Waals surface area contributed by atoms with E-state index in [4.69, 9.17) is 5.11 Å². The molecule has 2 aromatic rings. The first-order chi connectivity index (χ1) is 8.56. The number of aliphatic carboxylic acids is 1. The molecule has 0 aliphatic carbocycles. The number of hydrogen-bond donors (Lipinski definition) is 1. The van der Waals surface area contributed by atoms with Gasteiger partial charge in [0, 0.05) is 25.9 Å². The van der Waals surface area contributed by atoms with Gasteiger partial charge in [0.25, 0.3) is 0 Å². The van der Waals surface area contributed by atoms with E-state index in [1.807, 2.05) is 19.1 Å². The second-order valence-corrected chi connectivity index (χ2v) is 5.83. The van der Waals surface area contributed by atoms with Crippen LogP contribution in [0.15, 0.2) is 40.9 Å². The molecule has 18 heavy (non-hydrogen) atoms. The van der Waals surface area contributed by atoms with E-state index >= 15 is 0 Å². The molecule has 1 N–H and O–H groups in total. The van der Waals surface area contributed by atoms with E-state index in [9.17, 15) is 4.79 Å². The lowest BCUT2D eigenvalue weighted by Crippen LogP contribution is -1.84. The minimum absolute atomic E-state index is 0.929. The van der Waals surface area contributed by atoms with Crippen molar-refractivity contribution in [3.8, 4) is 10.4 Å². The number of carboxylic acid groups (broad SMARTS) is 1. The Morgan fingerprint density at radius 2 is 2.11 bits per heavy atom. The lowest BCUT2D eigenvalue weighted by atomic mass is 10.1. The monoisotopic (exact) mass is 322 g/mol. The van der Waals surface area contributed by atoms with E-state index in [0.717, 1.165) is 25.9 Å². The molecule has 92 valence electrons. The van der Waals surface area contributed by atoms with Crippen LogP contribution < -0.4 is 0 Å². The van der Waals surface area contributed by atoms with Crippen LogP contribution in [0.25, 0.3) is 16.5 Å². The van der Waals surface area contributed by atoms with Gasteiger partial charge in [0.1, 0.15) is 0 Å². The predicted molar refractivity (Wildman–Crippen MR) is 78.9 cm³/mol. The highest BCUT2D eigenvalue weighted by molar-refractivity contribution is 9.10. The van der Waals surface area contributed by atoms with E-state index in [1.165, 1.54) is 5.56 Å². The van der Waals surface area contributed by atoms with Crippen LogP contribution in [-0.2, 0) is 4.79 Å². The van der Waals surface area contributed by atoms with Crippen molar-refractivity contribution >= 4 is 39.3 Å². The van der Waals surface area contributed by atoms with Gasteiger partial charge in [-0.3, -0.25) is 0 Å². The molecule has 1 aromatic carbocycles. The Labute approximate surface area is 118 Å². The van der Waals surface area contributed by atoms with Gasteiger partial charge in [-0.2, -0.15) is 0 Å². The van der Waals surface area contributed by atoms with Crippen LogP contribution in [0.5, 0.6) is 0 Å². The third-order valence-corrected chi connectivity index (χ3v) is 4.15. The summed E-state index contributed by atoms with van der Waals surface area (Å²) < 4.78 is 1.05. The molecule has 0 spiro atoms. The highest BCUT2D eigenvalue weighted by Gasteiger charge is 2.05. The van der Waals surface area contributed by atoms with Crippen molar-refractivity contribution in [3.05, 3.63) is 51.3 Å². The molecule has 0 fully saturated rings. The maximum absolute atomic E-state index is 10.5. The number of carbonyl (C=O) groups is 1. The number of halogens is 1. The smallest absolute Gasteiger partial charge is 0.328 e. The highest BCUT2D eigenvalue weighted by atomic mass is 79.9. The molecule has 2 rings (SSSR count). The summed E-state index contributed by atoms with van der Waals surface area (Å²) in [5.74, 6) is -0.929. The minimum Gasteiger partial charge on any atom is -0.478 e. The largest absolute Gasteiger partial charge is 0.478 e. The maximum Gasteiger partial charge on any atom is 0.328 e. The zero-order chi connectivity index (χ0) is 13.1. The SMILES string of the molecule is Cc1ccc(-c2ccc(/C=C/C(=O)O)s2)c(Br)c1. The Bertz CT molecular complexity index is 614. The zero-order valence-electron chi connectivity index (χ0n) is 9.68. The van der Waals surface area contributed by atoms with Crippen molar-refractivity contribution in [1.29, 1.82) is 0 Å². The van der Waals surface area contributed by atoms with Crippen molar-refractivity contribution in [2.24, 2.45) is 0 Å². The Kier molecular flexibility index (Phi) is 3.99. The highest BCUT2D eigenvalue weighted by Crippen LogP contribution is 2.34. The molecular formula is C14H11BrO2S. The molecule has 0 aliphatic rings. The summed E-state index contributed by atoms with van der Waals surface area (Å²) in [5.41, 5.74) is 2.33. The van der Waals surface area contributed by atoms with E-state index in [-0.39, 0.29) is 0 Å². The Morgan fingerprint density at radius 1 is 1.33 bits per heavy atom. The molecule has 0 saturated carbocycles. The molecule has 0 bridgehead atoms. The normalized spacial score (nSPS) is 11.0. The molecule has 4 heteroatoms. The van der Waals surface area contributed by atoms with E-state index in [2.05, 4.69) is 34.1 Å². The van der Waals surface area contributed by atoms with Gasteiger partial charge in [0.15, 0.2) is 0 Å². The van der Waals surface area contributed by atoms with E-state index in [0.29, 0.717) is 0 Å². The van der Waals surface area contributed by atoms with E-state index < -0.39 is 5.97 Å². The summed E-state index contributed by atoms with van der Waals surface area (Å²) in [6.07, 6.45) is 2.76. The van der Waals surface area contributed by atoms with Crippen LogP contribution in [-0.4, -0.2) is 11.1 Å². The quantitative estimate of drug-likeness (QED) is 0.839. The van der Waals surface area contributed by atoms with Gasteiger partial charge in [-0.05, 0) is 36.8 Å². The second kappa shape index (κ2) is 5.50. The van der Waals surface area contributed by atoms with Gasteiger partial charge in [-0.15, -0.1) is 11.3 Å². The van der Waals surface area contributed by atoms with Crippen molar-refractivity contribution in [1.82, 2.24) is 0 Å². The molecule has 1 aromatic heterocycles. The second-order valence-electron chi connectivity index (χ2n) is 3.86. The number of benzene rings is 1. The number of carboxylic acids is 1. The average Bonchev–Trinajstić information content (AvgIpc) is 2.75. The van der Waals surface area contributed by atoms with Crippen molar-refractivity contribution < 1.29 is 9.90 Å². The standard InChI is InChI=1S/C14H11BrO2S/c1-9-2-5-11(12(15)8-9)13-6-3-10(18-13)4-7-14(16)17/h2-8H,1H3,(H,16,17)/b7-4+. The molecule has 1 heterocycles. The molecule has 2 nitrogen and oxygen atoms in total. The van der Waals surface area contributed by atoms with Gasteiger partial charge in [-0.1, -0.05) is 28.1 Å². The fourth-order valence-corrected chi connectivity index (χ4v) is 3.35. The predicted octanol–water partition coefficient (Wildman–Crippen LogP) is 4.58. The first kappa shape index (κ1) is 13.1. The van der Waals surface area contributed by atoms with Crippen LogP contribution in [0.2, 0.25) is 0 Å². The van der Waals surface area contributed by atoms with Crippen LogP contribution in [0.4, 0.5) is 0 Å². The van der Waals surface area contributed by atoms with Gasteiger partial charge in [0.2, 0.25) is 0 Å². The molecular weight excluding hydrogens is 312 g/mol. The third kappa shape index (κ3) is 3.09. The number of hydrogen-bond acceptors (Lipinski definition) is 2. The third-order valence-electron chi connectivity index (χ3n) is 2.41. The van der Waals surface area contributed by atoms with Gasteiger partial charge in [-0.25, -0.2) is 4.79 Å². The van der Waals surface area contributed by atoms with Crippen LogP contribution >= 0.6 is 27.3 Å². The Morgan fingerprint density at radius 3 is 2.78 bits per heavy atom. The summed E-state index contributed by atoms with van der Waals surface area (Å²) in [6, 6.07) is 10.1. The van der Waals surface area contributed by atoms with Crippen molar-refractivity contribution in [3.63, 3.8) is 0 Å². The van der Waals surface area contributed by atoms with Crippen LogP contribution in [0, 0.1) is 6.92 Å². The number of rotatable bonds is 3. The van der Waals surface area contributed by atoms with Gasteiger partial charge < -0.3 is 5.11 Å².